The van der Waals surface area contributed by atoms with Crippen molar-refractivity contribution in [3.05, 3.63) is 61.9 Å². The first-order chi connectivity index (χ1) is 13.3. The summed E-state index contributed by atoms with van der Waals surface area (Å²) in [6.07, 6.45) is 1.14. The van der Waals surface area contributed by atoms with E-state index in [1.807, 2.05) is 13.8 Å². The largest absolute Gasteiger partial charge is 0.355 e. The first kappa shape index (κ1) is 19.5. The summed E-state index contributed by atoms with van der Waals surface area (Å²) in [5.41, 5.74) is 5.55. The van der Waals surface area contributed by atoms with E-state index in [1.165, 1.54) is 23.5 Å². The predicted molar refractivity (Wildman–Crippen MR) is 106 cm³/mol. The van der Waals surface area contributed by atoms with Crippen LogP contribution in [0.5, 0.6) is 0 Å². The van der Waals surface area contributed by atoms with Gasteiger partial charge in [0.1, 0.15) is 6.33 Å². The lowest BCUT2D eigenvalue weighted by Gasteiger charge is -2.10. The van der Waals surface area contributed by atoms with Gasteiger partial charge in [0, 0.05) is 15.5 Å². The van der Waals surface area contributed by atoms with Crippen molar-refractivity contribution in [2.75, 3.05) is 10.7 Å². The topological polar surface area (TPSA) is 135 Å². The Morgan fingerprint density at radius 1 is 1.18 bits per heavy atom. The van der Waals surface area contributed by atoms with E-state index in [2.05, 4.69) is 31.1 Å². The third-order valence-electron chi connectivity index (χ3n) is 3.66. The summed E-state index contributed by atoms with van der Waals surface area (Å²) >= 11 is 7.14. The number of hydrogen-bond acceptors (Lipinski definition) is 9. The summed E-state index contributed by atoms with van der Waals surface area (Å²) in [7, 11) is 0. The van der Waals surface area contributed by atoms with Gasteiger partial charge in [-0.1, -0.05) is 11.6 Å². The third kappa shape index (κ3) is 4.32. The summed E-state index contributed by atoms with van der Waals surface area (Å²) in [4.78, 5) is 36.1. The Bertz CT molecular complexity index is 1020. The Labute approximate surface area is 168 Å². The average Bonchev–Trinajstić information content (AvgIpc) is 2.97. The van der Waals surface area contributed by atoms with Gasteiger partial charge >= 0.3 is 5.69 Å². The maximum absolute atomic E-state index is 12.2. The number of nitrogens with zero attached hydrogens (tertiary/aromatic N) is 4. The van der Waals surface area contributed by atoms with Gasteiger partial charge in [-0.05, 0) is 38.1 Å². The van der Waals surface area contributed by atoms with E-state index in [4.69, 9.17) is 11.6 Å². The van der Waals surface area contributed by atoms with Gasteiger partial charge in [0.25, 0.3) is 5.91 Å². The minimum absolute atomic E-state index is 0.0445. The van der Waals surface area contributed by atoms with Crippen molar-refractivity contribution >= 4 is 51.3 Å². The number of anilines is 3. The molecule has 0 atom stereocenters. The summed E-state index contributed by atoms with van der Waals surface area (Å²) in [6, 6.07) is 6.16. The van der Waals surface area contributed by atoms with E-state index >= 15 is 0 Å². The van der Waals surface area contributed by atoms with Crippen LogP contribution in [0.2, 0.25) is 5.02 Å². The molecular formula is C16H14ClN7O3S. The molecule has 0 aliphatic heterocycles. The molecule has 0 saturated carbocycles. The molecule has 10 nitrogen and oxygen atoms in total. The lowest BCUT2D eigenvalue weighted by Crippen LogP contribution is -2.30. The Morgan fingerprint density at radius 3 is 2.46 bits per heavy atom. The molecule has 1 amide bonds. The Morgan fingerprint density at radius 2 is 1.86 bits per heavy atom. The van der Waals surface area contributed by atoms with Crippen LogP contribution in [-0.2, 0) is 0 Å². The molecule has 0 aliphatic carbocycles. The number of aromatic nitrogens is 3. The van der Waals surface area contributed by atoms with Gasteiger partial charge < -0.3 is 5.32 Å². The quantitative estimate of drug-likeness (QED) is 0.407. The number of nitro groups is 1. The van der Waals surface area contributed by atoms with E-state index < -0.39 is 16.5 Å². The molecule has 0 fully saturated rings. The van der Waals surface area contributed by atoms with Crippen molar-refractivity contribution in [3.8, 4) is 0 Å². The second-order valence-corrected chi connectivity index (χ2v) is 7.19. The molecule has 2 aromatic heterocycles. The lowest BCUT2D eigenvalue weighted by molar-refractivity contribution is -0.383. The molecule has 144 valence electrons. The molecule has 28 heavy (non-hydrogen) atoms. The minimum atomic E-state index is -0.646. The summed E-state index contributed by atoms with van der Waals surface area (Å²) in [5.74, 6) is -0.725. The molecule has 3 aromatic rings. The fourth-order valence-corrected chi connectivity index (χ4v) is 3.09. The normalized spacial score (nSPS) is 10.4. The first-order valence-electron chi connectivity index (χ1n) is 7.87. The zero-order chi connectivity index (χ0) is 20.3. The number of hydrazine groups is 1. The monoisotopic (exact) mass is 419 g/mol. The number of nitrogens with one attached hydrogen (secondary N) is 3. The zero-order valence-corrected chi connectivity index (χ0v) is 16.3. The van der Waals surface area contributed by atoms with Crippen molar-refractivity contribution in [1.29, 1.82) is 0 Å². The van der Waals surface area contributed by atoms with E-state index in [9.17, 15) is 14.9 Å². The lowest BCUT2D eigenvalue weighted by atomic mass is 10.2. The summed E-state index contributed by atoms with van der Waals surface area (Å²) < 4.78 is 0. The van der Waals surface area contributed by atoms with Gasteiger partial charge in [-0.15, -0.1) is 11.3 Å². The van der Waals surface area contributed by atoms with Crippen LogP contribution in [0.4, 0.5) is 22.5 Å². The van der Waals surface area contributed by atoms with Crippen LogP contribution >= 0.6 is 22.9 Å². The standard InChI is InChI=1S/C16H14ClN7O3S/c1-8-9(2)28-16(20-8)21-13-12(24(26)27)14(19-7-18-13)22-23-15(25)10-3-5-11(17)6-4-10/h3-7H,1-2H3,(H,23,25)(H2,18,19,20,21,22). The fraction of sp³-hybridized carbons (Fsp3) is 0.125. The second kappa shape index (κ2) is 8.15. The van der Waals surface area contributed by atoms with Crippen LogP contribution < -0.4 is 16.2 Å². The molecule has 3 rings (SSSR count). The number of aryl methyl sites for hydroxylation is 2. The Kier molecular flexibility index (Phi) is 5.66. The van der Waals surface area contributed by atoms with E-state index in [0.29, 0.717) is 15.7 Å². The van der Waals surface area contributed by atoms with Gasteiger partial charge in [-0.3, -0.25) is 25.8 Å². The molecule has 1 aromatic carbocycles. The molecule has 0 bridgehead atoms. The highest BCUT2D eigenvalue weighted by Gasteiger charge is 2.24. The number of rotatable bonds is 6. The number of hydrogen-bond donors (Lipinski definition) is 3. The number of thiazole rings is 1. The van der Waals surface area contributed by atoms with Crippen molar-refractivity contribution in [3.63, 3.8) is 0 Å². The van der Waals surface area contributed by atoms with Gasteiger partial charge in [0.2, 0.25) is 11.6 Å². The summed E-state index contributed by atoms with van der Waals surface area (Å²) in [5, 5.41) is 15.3. The van der Waals surface area contributed by atoms with Crippen LogP contribution in [0.1, 0.15) is 20.9 Å². The van der Waals surface area contributed by atoms with Crippen LogP contribution in [0, 0.1) is 24.0 Å². The number of carbonyl (C=O) groups excluding carboxylic acids is 1. The molecule has 0 saturated heterocycles. The van der Waals surface area contributed by atoms with Crippen LogP contribution in [-0.4, -0.2) is 25.8 Å². The number of halogens is 1. The van der Waals surface area contributed by atoms with Crippen LogP contribution in [0.25, 0.3) is 0 Å². The zero-order valence-electron chi connectivity index (χ0n) is 14.7. The molecular weight excluding hydrogens is 406 g/mol. The van der Waals surface area contributed by atoms with Crippen molar-refractivity contribution < 1.29 is 9.72 Å². The minimum Gasteiger partial charge on any atom is -0.310 e. The van der Waals surface area contributed by atoms with Gasteiger partial charge in [0.15, 0.2) is 5.13 Å². The molecule has 0 aliphatic rings. The fourth-order valence-electron chi connectivity index (χ4n) is 2.15. The van der Waals surface area contributed by atoms with Gasteiger partial charge in [-0.2, -0.15) is 0 Å². The molecule has 3 N–H and O–H groups in total. The van der Waals surface area contributed by atoms with Crippen molar-refractivity contribution in [2.45, 2.75) is 13.8 Å². The maximum Gasteiger partial charge on any atom is 0.355 e. The van der Waals surface area contributed by atoms with Crippen LogP contribution in [0.3, 0.4) is 0 Å². The average molecular weight is 420 g/mol. The second-order valence-electron chi connectivity index (χ2n) is 5.55. The van der Waals surface area contributed by atoms with E-state index in [-0.39, 0.29) is 11.6 Å². The van der Waals surface area contributed by atoms with Crippen molar-refractivity contribution in [1.82, 2.24) is 20.4 Å². The predicted octanol–water partition coefficient (Wildman–Crippen LogP) is 3.61. The summed E-state index contributed by atoms with van der Waals surface area (Å²) in [6.45, 7) is 3.73. The highest BCUT2D eigenvalue weighted by Crippen LogP contribution is 2.32. The molecule has 2 heterocycles. The molecule has 0 radical (unpaired) electrons. The Balaban J connectivity index is 1.81. The number of carbonyl (C=O) groups is 1. The van der Waals surface area contributed by atoms with Gasteiger partial charge in [-0.25, -0.2) is 15.0 Å². The molecule has 0 spiro atoms. The van der Waals surface area contributed by atoms with Gasteiger partial charge in [0.05, 0.1) is 10.6 Å². The van der Waals surface area contributed by atoms with E-state index in [1.54, 1.807) is 12.1 Å². The highest BCUT2D eigenvalue weighted by atomic mass is 35.5. The third-order valence-corrected chi connectivity index (χ3v) is 4.90. The Hall–Kier alpha value is -3.31. The van der Waals surface area contributed by atoms with E-state index in [0.717, 1.165) is 16.9 Å². The number of amides is 1. The maximum atomic E-state index is 12.2. The molecule has 0 unspecified atom stereocenters. The first-order valence-corrected chi connectivity index (χ1v) is 9.07. The highest BCUT2D eigenvalue weighted by molar-refractivity contribution is 7.15. The SMILES string of the molecule is Cc1nc(Nc2ncnc(NNC(=O)c3ccc(Cl)cc3)c2[N+](=O)[O-])sc1C. The van der Waals surface area contributed by atoms with Crippen LogP contribution in [0.15, 0.2) is 30.6 Å². The molecule has 12 heteroatoms. The smallest absolute Gasteiger partial charge is 0.310 e. The van der Waals surface area contributed by atoms with Crippen molar-refractivity contribution in [2.24, 2.45) is 0 Å². The number of benzene rings is 1.